The van der Waals surface area contributed by atoms with Crippen molar-refractivity contribution in [3.63, 3.8) is 0 Å². The second kappa shape index (κ2) is 13.8. The van der Waals surface area contributed by atoms with Gasteiger partial charge in [-0.3, -0.25) is 4.90 Å². The predicted molar refractivity (Wildman–Crippen MR) is 136 cm³/mol. The highest BCUT2D eigenvalue weighted by atomic mass is 19.2. The van der Waals surface area contributed by atoms with E-state index in [1.807, 2.05) is 18.2 Å². The maximum absolute atomic E-state index is 14.6. The lowest BCUT2D eigenvalue weighted by Crippen LogP contribution is -2.37. The average molecular weight is 468 g/mol. The molecule has 1 aromatic rings. The van der Waals surface area contributed by atoms with Crippen molar-refractivity contribution in [2.24, 2.45) is 0 Å². The van der Waals surface area contributed by atoms with Crippen LogP contribution in [0.25, 0.3) is 5.57 Å². The smallest absolute Gasteiger partial charge is 0.162 e. The summed E-state index contributed by atoms with van der Waals surface area (Å²) in [7, 11) is 0. The minimum Gasteiger partial charge on any atom is -0.491 e. The first kappa shape index (κ1) is 25.9. The Bertz CT molecular complexity index is 974. The van der Waals surface area contributed by atoms with Gasteiger partial charge in [0, 0.05) is 18.7 Å². The normalized spacial score (nSPS) is 24.6. The van der Waals surface area contributed by atoms with Crippen molar-refractivity contribution < 1.29 is 18.6 Å². The maximum Gasteiger partial charge on any atom is 0.162 e. The first-order chi connectivity index (χ1) is 16.5. The molecule has 182 valence electrons. The number of halogens is 2. The van der Waals surface area contributed by atoms with E-state index in [-0.39, 0.29) is 12.2 Å². The summed E-state index contributed by atoms with van der Waals surface area (Å²) >= 11 is 0. The lowest BCUT2D eigenvalue weighted by Gasteiger charge is -2.25. The van der Waals surface area contributed by atoms with Crippen molar-refractivity contribution >= 4 is 5.57 Å². The van der Waals surface area contributed by atoms with Crippen molar-refractivity contribution in [3.05, 3.63) is 96.2 Å². The van der Waals surface area contributed by atoms with Gasteiger partial charge in [0.25, 0.3) is 0 Å². The Balaban J connectivity index is 1.60. The molecule has 1 unspecified atom stereocenters. The van der Waals surface area contributed by atoms with Crippen LogP contribution in [-0.4, -0.2) is 42.4 Å². The summed E-state index contributed by atoms with van der Waals surface area (Å²) < 4.78 is 34.4. The minimum absolute atomic E-state index is 0.112. The highest BCUT2D eigenvalue weighted by Gasteiger charge is 2.16. The number of nitrogens with zero attached hydrogens (tertiary/aromatic N) is 1. The molecule has 0 amide bonds. The van der Waals surface area contributed by atoms with Gasteiger partial charge in [-0.05, 0) is 74.4 Å². The number of rotatable bonds is 6. The van der Waals surface area contributed by atoms with Gasteiger partial charge in [-0.2, -0.15) is 0 Å². The van der Waals surface area contributed by atoms with Crippen LogP contribution >= 0.6 is 0 Å². The van der Waals surface area contributed by atoms with Crippen LogP contribution in [0.15, 0.2) is 90.6 Å². The first-order valence-electron chi connectivity index (χ1n) is 12.1. The van der Waals surface area contributed by atoms with Crippen LogP contribution in [0.4, 0.5) is 8.78 Å². The molecule has 0 bridgehead atoms. The number of aliphatic hydroxyl groups excluding tert-OH is 1. The summed E-state index contributed by atoms with van der Waals surface area (Å²) in [5.74, 6) is -1.15. The third kappa shape index (κ3) is 8.54. The Morgan fingerprint density at radius 1 is 1.06 bits per heavy atom. The summed E-state index contributed by atoms with van der Waals surface area (Å²) in [5.41, 5.74) is 1.87. The Labute approximate surface area is 202 Å². The summed E-state index contributed by atoms with van der Waals surface area (Å²) in [6.45, 7) is 6.31. The van der Waals surface area contributed by atoms with Crippen LogP contribution < -0.4 is 4.74 Å². The van der Waals surface area contributed by atoms with Crippen molar-refractivity contribution in [2.75, 3.05) is 26.2 Å². The fraction of sp³-hybridized carbons (Fsp3) is 0.379. The van der Waals surface area contributed by atoms with Crippen molar-refractivity contribution in [1.29, 1.82) is 0 Å². The van der Waals surface area contributed by atoms with E-state index in [9.17, 15) is 13.9 Å². The number of aliphatic hydroxyl groups is 1. The molecule has 0 radical (unpaired) electrons. The quantitative estimate of drug-likeness (QED) is 0.464. The van der Waals surface area contributed by atoms with Crippen LogP contribution in [0, 0.1) is 0 Å². The summed E-state index contributed by atoms with van der Waals surface area (Å²) in [4.78, 5) is 2.21. The number of hydrogen-bond donors (Lipinski definition) is 1. The molecule has 0 aromatic heterocycles. The lowest BCUT2D eigenvalue weighted by molar-refractivity contribution is 0.0709. The highest BCUT2D eigenvalue weighted by Crippen LogP contribution is 2.32. The molecule has 0 saturated carbocycles. The maximum atomic E-state index is 14.6. The third-order valence-corrected chi connectivity index (χ3v) is 5.80. The number of benzene rings is 1. The SMILES string of the molecule is C=C1/C=C\C/C=C\CCCCN(CC(O)COc2cccc(/C3=C(\F)C(F)=CC/C=C\C3)c2)C1. The molecule has 1 aliphatic carbocycles. The van der Waals surface area contributed by atoms with E-state index in [2.05, 4.69) is 29.7 Å². The molecule has 1 atom stereocenters. The van der Waals surface area contributed by atoms with Crippen molar-refractivity contribution in [1.82, 2.24) is 4.90 Å². The molecule has 1 aliphatic heterocycles. The standard InChI is InChI=1S/C29H35F2NO2/c1-23-13-8-5-3-2-4-6-11-18-32(20-23)21-25(33)22-34-26-15-12-14-24(19-26)27-16-9-7-10-17-28(30)29(27)31/h2-3,7-9,12-15,17,19,25,33H,1,4-6,10-11,16,18,20-22H2/b3-2-,9-7-,13-8-,28-17?,29-27-. The zero-order chi connectivity index (χ0) is 24.2. The number of β-amino-alcohol motifs (C(OH)–C–C–N with tert-alkyl or cyclic N) is 1. The van der Waals surface area contributed by atoms with Gasteiger partial charge >= 0.3 is 0 Å². The summed E-state index contributed by atoms with van der Waals surface area (Å²) in [6, 6.07) is 6.95. The summed E-state index contributed by atoms with van der Waals surface area (Å²) in [5, 5.41) is 10.6. The van der Waals surface area contributed by atoms with Gasteiger partial charge < -0.3 is 9.84 Å². The molecule has 2 aliphatic rings. The van der Waals surface area contributed by atoms with Crippen molar-refractivity contribution in [3.8, 4) is 5.75 Å². The molecule has 34 heavy (non-hydrogen) atoms. The molecule has 1 heterocycles. The second-order valence-corrected chi connectivity index (χ2v) is 8.75. The number of ether oxygens (including phenoxy) is 1. The van der Waals surface area contributed by atoms with Gasteiger partial charge in [0.1, 0.15) is 18.5 Å². The Hall–Kier alpha value is -2.76. The number of allylic oxidation sites excluding steroid dienone is 9. The van der Waals surface area contributed by atoms with Crippen LogP contribution in [0.1, 0.15) is 44.1 Å². The Morgan fingerprint density at radius 3 is 2.79 bits per heavy atom. The largest absolute Gasteiger partial charge is 0.491 e. The monoisotopic (exact) mass is 467 g/mol. The van der Waals surface area contributed by atoms with Crippen LogP contribution in [0.2, 0.25) is 0 Å². The fourth-order valence-corrected chi connectivity index (χ4v) is 4.05. The van der Waals surface area contributed by atoms with E-state index in [0.717, 1.165) is 37.8 Å². The number of hydrogen-bond acceptors (Lipinski definition) is 3. The minimum atomic E-state index is -0.834. The molecule has 0 fully saturated rings. The van der Waals surface area contributed by atoms with E-state index in [4.69, 9.17) is 4.74 Å². The molecular formula is C29H35F2NO2. The van der Waals surface area contributed by atoms with Gasteiger partial charge in [-0.15, -0.1) is 0 Å². The van der Waals surface area contributed by atoms with E-state index in [1.165, 1.54) is 6.08 Å². The lowest BCUT2D eigenvalue weighted by atomic mass is 9.99. The van der Waals surface area contributed by atoms with Gasteiger partial charge in [0.05, 0.1) is 0 Å². The molecule has 0 spiro atoms. The molecule has 1 aromatic carbocycles. The second-order valence-electron chi connectivity index (χ2n) is 8.75. The fourth-order valence-electron chi connectivity index (χ4n) is 4.05. The van der Waals surface area contributed by atoms with Crippen LogP contribution in [0.3, 0.4) is 0 Å². The third-order valence-electron chi connectivity index (χ3n) is 5.80. The van der Waals surface area contributed by atoms with E-state index < -0.39 is 17.8 Å². The van der Waals surface area contributed by atoms with Gasteiger partial charge in [-0.1, -0.05) is 55.2 Å². The Kier molecular flexibility index (Phi) is 10.5. The van der Waals surface area contributed by atoms with Crippen molar-refractivity contribution in [2.45, 2.75) is 44.6 Å². The molecule has 5 heteroatoms. The van der Waals surface area contributed by atoms with Gasteiger partial charge in [-0.25, -0.2) is 8.78 Å². The Morgan fingerprint density at radius 2 is 1.91 bits per heavy atom. The molecule has 3 rings (SSSR count). The predicted octanol–water partition coefficient (Wildman–Crippen LogP) is 6.85. The average Bonchev–Trinajstić information content (AvgIpc) is 2.81. The van der Waals surface area contributed by atoms with Gasteiger partial charge in [0.2, 0.25) is 0 Å². The van der Waals surface area contributed by atoms with Crippen LogP contribution in [0.5, 0.6) is 5.75 Å². The highest BCUT2D eigenvalue weighted by molar-refractivity contribution is 5.72. The molecule has 3 nitrogen and oxygen atoms in total. The molecule has 1 N–H and O–H groups in total. The topological polar surface area (TPSA) is 32.7 Å². The zero-order valence-corrected chi connectivity index (χ0v) is 19.8. The van der Waals surface area contributed by atoms with E-state index >= 15 is 0 Å². The van der Waals surface area contributed by atoms with E-state index in [1.54, 1.807) is 24.3 Å². The van der Waals surface area contributed by atoms with E-state index in [0.29, 0.717) is 37.2 Å². The van der Waals surface area contributed by atoms with Crippen LogP contribution in [-0.2, 0) is 0 Å². The molecule has 0 saturated heterocycles. The summed E-state index contributed by atoms with van der Waals surface area (Å²) in [6.07, 6.45) is 17.6. The first-order valence-corrected chi connectivity index (χ1v) is 12.1. The molecular weight excluding hydrogens is 432 g/mol. The van der Waals surface area contributed by atoms with Gasteiger partial charge in [0.15, 0.2) is 11.7 Å². The zero-order valence-electron chi connectivity index (χ0n) is 19.8.